The number of hydrogen-bond donors (Lipinski definition) is 1. The second kappa shape index (κ2) is 3.25. The highest BCUT2D eigenvalue weighted by Crippen LogP contribution is 1.94. The molecule has 0 aliphatic heterocycles. The van der Waals surface area contributed by atoms with Gasteiger partial charge in [0.15, 0.2) is 0 Å². The molecule has 0 spiro atoms. The van der Waals surface area contributed by atoms with Gasteiger partial charge in [-0.15, -0.1) is 5.73 Å². The van der Waals surface area contributed by atoms with Crippen molar-refractivity contribution >= 4 is 0 Å². The van der Waals surface area contributed by atoms with Crippen molar-refractivity contribution in [3.8, 4) is 0 Å². The van der Waals surface area contributed by atoms with Crippen LogP contribution >= 0.6 is 0 Å². The fourth-order valence-corrected chi connectivity index (χ4v) is 0.688. The predicted molar refractivity (Wildman–Crippen MR) is 33.9 cm³/mol. The Labute approximate surface area is 54.3 Å². The summed E-state index contributed by atoms with van der Waals surface area (Å²) in [4.78, 5) is 6.83. The van der Waals surface area contributed by atoms with E-state index in [1.807, 2.05) is 6.20 Å². The van der Waals surface area contributed by atoms with E-state index in [-0.39, 0.29) is 6.54 Å². The molecule has 1 aromatic heterocycles. The van der Waals surface area contributed by atoms with Gasteiger partial charge in [0, 0.05) is 12.7 Å². The zero-order valence-electron chi connectivity index (χ0n) is 5.17. The van der Waals surface area contributed by atoms with Crippen LogP contribution < -0.4 is 5.73 Å². The second-order valence-electron chi connectivity index (χ2n) is 1.89. The van der Waals surface area contributed by atoms with Crippen LogP contribution in [-0.2, 0) is 6.42 Å². The number of nitrogens with zero attached hydrogens (tertiary/aromatic N) is 2. The van der Waals surface area contributed by atoms with Crippen molar-refractivity contribution < 1.29 is 0 Å². The quantitative estimate of drug-likeness (QED) is 0.621. The highest BCUT2D eigenvalue weighted by Gasteiger charge is 1.91. The zero-order valence-corrected chi connectivity index (χ0v) is 5.17. The van der Waals surface area contributed by atoms with Crippen molar-refractivity contribution in [3.63, 3.8) is 0 Å². The van der Waals surface area contributed by atoms with Gasteiger partial charge in [0.2, 0.25) is 0 Å². The second-order valence-corrected chi connectivity index (χ2v) is 1.89. The molecule has 3 heteroatoms. The Hall–Kier alpha value is -0.830. The normalized spacial score (nSPS) is 9.89. The first-order valence-electron chi connectivity index (χ1n) is 3.02. The molecule has 0 aliphatic carbocycles. The highest BCUT2D eigenvalue weighted by atomic mass is 14.9. The molecule has 0 atom stereocenters. The first-order chi connectivity index (χ1) is 4.43. The van der Waals surface area contributed by atoms with Crippen LogP contribution in [0.25, 0.3) is 0 Å². The molecule has 0 unspecified atom stereocenters. The fourth-order valence-electron chi connectivity index (χ4n) is 0.688. The van der Waals surface area contributed by atoms with E-state index in [9.17, 15) is 0 Å². The first-order valence-corrected chi connectivity index (χ1v) is 3.02. The smallest absolute Gasteiger partial charge is 0.0923 e. The van der Waals surface area contributed by atoms with Gasteiger partial charge in [-0.25, -0.2) is 4.98 Å². The number of imidazole rings is 1. The maximum absolute atomic E-state index is 8.43. The van der Waals surface area contributed by atoms with E-state index in [1.54, 1.807) is 6.33 Å². The molecule has 9 heavy (non-hydrogen) atoms. The molecule has 48 valence electrons. The third-order valence-electron chi connectivity index (χ3n) is 1.15. The largest absolute Gasteiger partial charge is 0.351 e. The molecule has 1 aromatic rings. The SMILES string of the molecule is [N]CCCc1c[nH]cn1. The summed E-state index contributed by atoms with van der Waals surface area (Å²) in [6.45, 7) is 0.243. The van der Waals surface area contributed by atoms with E-state index in [0.717, 1.165) is 18.5 Å². The van der Waals surface area contributed by atoms with E-state index in [1.165, 1.54) is 0 Å². The average Bonchev–Trinajstić information content (AvgIpc) is 2.34. The molecule has 0 fully saturated rings. The summed E-state index contributed by atoms with van der Waals surface area (Å²) in [5.74, 6) is 0. The van der Waals surface area contributed by atoms with Gasteiger partial charge in [0.05, 0.1) is 12.0 Å². The third kappa shape index (κ3) is 1.85. The molecule has 0 aromatic carbocycles. The monoisotopic (exact) mass is 123 g/mol. The molecule has 2 radical (unpaired) electrons. The summed E-state index contributed by atoms with van der Waals surface area (Å²) in [6, 6.07) is 0. The Balaban J connectivity index is 2.30. The molecule has 0 saturated heterocycles. The molecular formula is C6H9N3. The van der Waals surface area contributed by atoms with Gasteiger partial charge in [-0.3, -0.25) is 0 Å². The highest BCUT2D eigenvalue weighted by molar-refractivity contribution is 4.93. The van der Waals surface area contributed by atoms with Gasteiger partial charge in [-0.1, -0.05) is 0 Å². The van der Waals surface area contributed by atoms with E-state index in [4.69, 9.17) is 5.73 Å². The van der Waals surface area contributed by atoms with E-state index in [0.29, 0.717) is 0 Å². The Morgan fingerprint density at radius 2 is 2.56 bits per heavy atom. The predicted octanol–water partition coefficient (Wildman–Crippen LogP) is 0.411. The lowest BCUT2D eigenvalue weighted by atomic mass is 10.2. The Kier molecular flexibility index (Phi) is 2.27. The molecule has 0 amide bonds. The van der Waals surface area contributed by atoms with Crippen molar-refractivity contribution in [1.82, 2.24) is 15.7 Å². The Morgan fingerprint density at radius 1 is 1.67 bits per heavy atom. The number of hydrogen-bond acceptors (Lipinski definition) is 1. The summed E-state index contributed by atoms with van der Waals surface area (Å²) in [5.41, 5.74) is 9.44. The Bertz CT molecular complexity index is 145. The van der Waals surface area contributed by atoms with E-state index in [2.05, 4.69) is 9.97 Å². The summed E-state index contributed by atoms with van der Waals surface area (Å²) < 4.78 is 0. The van der Waals surface area contributed by atoms with Crippen LogP contribution in [0.2, 0.25) is 0 Å². The van der Waals surface area contributed by atoms with Gasteiger partial charge in [0.1, 0.15) is 0 Å². The summed E-state index contributed by atoms with van der Waals surface area (Å²) >= 11 is 0. The molecule has 1 rings (SSSR count). The number of aromatic amines is 1. The van der Waals surface area contributed by atoms with Gasteiger partial charge in [-0.05, 0) is 12.8 Å². The molecule has 3 nitrogen and oxygen atoms in total. The maximum Gasteiger partial charge on any atom is 0.0923 e. The number of aromatic nitrogens is 2. The molecule has 1 heterocycles. The first kappa shape index (κ1) is 6.29. The van der Waals surface area contributed by atoms with Gasteiger partial charge in [0.25, 0.3) is 0 Å². The van der Waals surface area contributed by atoms with Crippen LogP contribution in [0.1, 0.15) is 12.1 Å². The van der Waals surface area contributed by atoms with Crippen molar-refractivity contribution in [2.24, 2.45) is 0 Å². The maximum atomic E-state index is 8.43. The fraction of sp³-hybridized carbons (Fsp3) is 0.500. The van der Waals surface area contributed by atoms with Crippen molar-refractivity contribution in [2.75, 3.05) is 6.54 Å². The zero-order chi connectivity index (χ0) is 6.53. The number of rotatable bonds is 3. The summed E-state index contributed by atoms with van der Waals surface area (Å²) in [6.07, 6.45) is 5.15. The van der Waals surface area contributed by atoms with Crippen molar-refractivity contribution in [2.45, 2.75) is 12.8 Å². The van der Waals surface area contributed by atoms with E-state index < -0.39 is 0 Å². The van der Waals surface area contributed by atoms with Crippen LogP contribution in [0, 0.1) is 0 Å². The molecule has 0 saturated carbocycles. The lowest BCUT2D eigenvalue weighted by molar-refractivity contribution is 0.801. The van der Waals surface area contributed by atoms with Gasteiger partial charge >= 0.3 is 0 Å². The molecular weight excluding hydrogens is 114 g/mol. The van der Waals surface area contributed by atoms with Crippen LogP contribution in [0.4, 0.5) is 0 Å². The standard InChI is InChI=1S/C6H9N3/c7-3-1-2-6-4-8-5-9-6/h4-5H,1-3H2,(H,8,9). The minimum absolute atomic E-state index is 0.243. The molecule has 0 aliphatic rings. The molecule has 1 N–H and O–H groups in total. The topological polar surface area (TPSA) is 51.0 Å². The van der Waals surface area contributed by atoms with Gasteiger partial charge in [-0.2, -0.15) is 0 Å². The van der Waals surface area contributed by atoms with E-state index >= 15 is 0 Å². The lowest BCUT2D eigenvalue weighted by Gasteiger charge is -1.88. The summed E-state index contributed by atoms with van der Waals surface area (Å²) in [5, 5.41) is 0. The third-order valence-corrected chi connectivity index (χ3v) is 1.15. The van der Waals surface area contributed by atoms with Crippen molar-refractivity contribution in [3.05, 3.63) is 18.2 Å². The number of nitrogens with one attached hydrogen (secondary N) is 1. The van der Waals surface area contributed by atoms with Crippen LogP contribution in [0.3, 0.4) is 0 Å². The minimum Gasteiger partial charge on any atom is -0.351 e. The Morgan fingerprint density at radius 3 is 3.11 bits per heavy atom. The van der Waals surface area contributed by atoms with Gasteiger partial charge < -0.3 is 4.98 Å². The number of aryl methyl sites for hydroxylation is 1. The van der Waals surface area contributed by atoms with Crippen LogP contribution in [0.5, 0.6) is 0 Å². The lowest BCUT2D eigenvalue weighted by Crippen LogP contribution is -1.89. The van der Waals surface area contributed by atoms with Crippen LogP contribution in [0.15, 0.2) is 12.5 Å². The van der Waals surface area contributed by atoms with Crippen LogP contribution in [-0.4, -0.2) is 16.5 Å². The minimum atomic E-state index is 0.243. The molecule has 0 bridgehead atoms. The average molecular weight is 123 g/mol. The van der Waals surface area contributed by atoms with Crippen molar-refractivity contribution in [1.29, 1.82) is 0 Å². The number of H-pyrrole nitrogens is 1. The summed E-state index contributed by atoms with van der Waals surface area (Å²) in [7, 11) is 0.